The van der Waals surface area contributed by atoms with Crippen LogP contribution >= 0.6 is 24.0 Å². The Balaban J connectivity index is 0.00000341. The van der Waals surface area contributed by atoms with Crippen molar-refractivity contribution in [3.05, 3.63) is 48.3 Å². The lowest BCUT2D eigenvalue weighted by Crippen LogP contribution is -2.52. The normalized spacial score (nSPS) is 14.8. The van der Waals surface area contributed by atoms with Crippen molar-refractivity contribution in [1.82, 2.24) is 20.2 Å². The maximum Gasteiger partial charge on any atom is 0.417 e. The number of aromatic nitrogens is 2. The quantitative estimate of drug-likeness (QED) is 0.258. The van der Waals surface area contributed by atoms with E-state index >= 15 is 0 Å². The number of piperazine rings is 1. The van der Waals surface area contributed by atoms with E-state index in [4.69, 9.17) is 4.74 Å². The Morgan fingerprint density at radius 3 is 2.48 bits per heavy atom. The SMILES string of the molecule is CCNC(=NCCOc1ccc(C(F)(F)F)cn1)N1CCN(c2ccccn2)CC1.I. The number of ether oxygens (including phenoxy) is 1. The molecule has 1 aliphatic rings. The highest BCUT2D eigenvalue weighted by molar-refractivity contribution is 14.0. The molecule has 0 spiro atoms. The molecule has 11 heteroatoms. The van der Waals surface area contributed by atoms with Crippen LogP contribution in [0.15, 0.2) is 47.7 Å². The van der Waals surface area contributed by atoms with Crippen LogP contribution in [0.3, 0.4) is 0 Å². The van der Waals surface area contributed by atoms with Crippen molar-refractivity contribution in [2.24, 2.45) is 4.99 Å². The van der Waals surface area contributed by atoms with E-state index < -0.39 is 11.7 Å². The smallest absolute Gasteiger partial charge is 0.417 e. The maximum atomic E-state index is 12.6. The number of hydrogen-bond donors (Lipinski definition) is 1. The van der Waals surface area contributed by atoms with Crippen molar-refractivity contribution in [3.63, 3.8) is 0 Å². The Labute approximate surface area is 196 Å². The third-order valence-corrected chi connectivity index (χ3v) is 4.55. The molecule has 170 valence electrons. The number of halogens is 4. The summed E-state index contributed by atoms with van der Waals surface area (Å²) < 4.78 is 43.1. The first kappa shape index (κ1) is 25.0. The Kier molecular flexibility index (Phi) is 9.59. The zero-order valence-electron chi connectivity index (χ0n) is 17.2. The fraction of sp³-hybridized carbons (Fsp3) is 0.450. The summed E-state index contributed by atoms with van der Waals surface area (Å²) in [7, 11) is 0. The highest BCUT2D eigenvalue weighted by atomic mass is 127. The van der Waals surface area contributed by atoms with Crippen LogP contribution in [-0.4, -0.2) is 66.7 Å². The van der Waals surface area contributed by atoms with Crippen LogP contribution in [0.5, 0.6) is 5.88 Å². The number of anilines is 1. The molecule has 2 aromatic rings. The molecule has 7 nitrogen and oxygen atoms in total. The maximum absolute atomic E-state index is 12.6. The van der Waals surface area contributed by atoms with Gasteiger partial charge in [-0.2, -0.15) is 13.2 Å². The van der Waals surface area contributed by atoms with Gasteiger partial charge in [0.1, 0.15) is 12.4 Å². The second-order valence-electron chi connectivity index (χ2n) is 6.63. The molecule has 0 aromatic carbocycles. The summed E-state index contributed by atoms with van der Waals surface area (Å²) in [6, 6.07) is 8.05. The summed E-state index contributed by atoms with van der Waals surface area (Å²) in [6.45, 7) is 6.63. The second-order valence-corrected chi connectivity index (χ2v) is 6.63. The van der Waals surface area contributed by atoms with Crippen molar-refractivity contribution in [1.29, 1.82) is 0 Å². The molecule has 1 fully saturated rings. The van der Waals surface area contributed by atoms with E-state index in [0.717, 1.165) is 56.8 Å². The zero-order chi connectivity index (χ0) is 21.4. The van der Waals surface area contributed by atoms with Gasteiger partial charge in [0.05, 0.1) is 12.1 Å². The highest BCUT2D eigenvalue weighted by Gasteiger charge is 2.30. The van der Waals surface area contributed by atoms with E-state index in [1.807, 2.05) is 25.1 Å². The minimum atomic E-state index is -4.41. The van der Waals surface area contributed by atoms with E-state index in [9.17, 15) is 13.2 Å². The Morgan fingerprint density at radius 2 is 1.90 bits per heavy atom. The van der Waals surface area contributed by atoms with Gasteiger partial charge in [-0.05, 0) is 25.1 Å². The summed E-state index contributed by atoms with van der Waals surface area (Å²) in [5.41, 5.74) is -0.799. The minimum Gasteiger partial charge on any atom is -0.476 e. The molecule has 0 atom stereocenters. The predicted molar refractivity (Wildman–Crippen MR) is 124 cm³/mol. The first-order valence-electron chi connectivity index (χ1n) is 9.82. The van der Waals surface area contributed by atoms with Gasteiger partial charge in [-0.15, -0.1) is 24.0 Å². The number of pyridine rings is 2. The van der Waals surface area contributed by atoms with Gasteiger partial charge in [-0.25, -0.2) is 15.0 Å². The molecule has 0 amide bonds. The first-order valence-corrected chi connectivity index (χ1v) is 9.82. The summed E-state index contributed by atoms with van der Waals surface area (Å²) in [5, 5.41) is 3.28. The lowest BCUT2D eigenvalue weighted by atomic mass is 10.3. The standard InChI is InChI=1S/C20H25F3N6O.HI/c1-2-24-19(29-12-10-28(11-13-29)17-5-3-4-8-25-17)26-9-14-30-18-7-6-16(15-27-18)20(21,22)23;/h3-8,15H,2,9-14H2,1H3,(H,24,26);1H. The van der Waals surface area contributed by atoms with Crippen LogP contribution in [0.2, 0.25) is 0 Å². The number of guanidine groups is 1. The van der Waals surface area contributed by atoms with Gasteiger partial charge in [0, 0.05) is 51.2 Å². The van der Waals surface area contributed by atoms with Crippen LogP contribution in [0.25, 0.3) is 0 Å². The molecule has 1 saturated heterocycles. The number of hydrogen-bond acceptors (Lipinski definition) is 5. The molecular weight excluding hydrogens is 524 g/mol. The van der Waals surface area contributed by atoms with Crippen molar-refractivity contribution in [2.45, 2.75) is 13.1 Å². The van der Waals surface area contributed by atoms with Gasteiger partial charge < -0.3 is 19.9 Å². The van der Waals surface area contributed by atoms with Crippen molar-refractivity contribution in [3.8, 4) is 5.88 Å². The molecule has 2 aromatic heterocycles. The molecule has 0 radical (unpaired) electrons. The molecule has 3 rings (SSSR count). The van der Waals surface area contributed by atoms with Crippen LogP contribution in [0.4, 0.5) is 19.0 Å². The molecule has 31 heavy (non-hydrogen) atoms. The summed E-state index contributed by atoms with van der Waals surface area (Å²) >= 11 is 0. The van der Waals surface area contributed by atoms with Crippen molar-refractivity contribution < 1.29 is 17.9 Å². The summed E-state index contributed by atoms with van der Waals surface area (Å²) in [6.07, 6.45) is -1.85. The first-order chi connectivity index (χ1) is 14.5. The van der Waals surface area contributed by atoms with Gasteiger partial charge >= 0.3 is 6.18 Å². The molecule has 0 saturated carbocycles. The van der Waals surface area contributed by atoms with Crippen LogP contribution in [0, 0.1) is 0 Å². The van der Waals surface area contributed by atoms with Gasteiger partial charge in [-0.1, -0.05) is 6.07 Å². The number of nitrogens with zero attached hydrogens (tertiary/aromatic N) is 5. The van der Waals surface area contributed by atoms with Gasteiger partial charge in [-0.3, -0.25) is 0 Å². The second kappa shape index (κ2) is 11.9. The lowest BCUT2D eigenvalue weighted by molar-refractivity contribution is -0.137. The van der Waals surface area contributed by atoms with Gasteiger partial charge in [0.2, 0.25) is 5.88 Å². The summed E-state index contributed by atoms with van der Waals surface area (Å²) in [5.74, 6) is 1.91. The summed E-state index contributed by atoms with van der Waals surface area (Å²) in [4.78, 5) is 17.1. The Hall–Kier alpha value is -2.31. The number of aliphatic imine (C=N–C) groups is 1. The van der Waals surface area contributed by atoms with E-state index in [1.54, 1.807) is 6.20 Å². The van der Waals surface area contributed by atoms with E-state index in [-0.39, 0.29) is 36.5 Å². The average molecular weight is 550 g/mol. The molecule has 1 N–H and O–H groups in total. The lowest BCUT2D eigenvalue weighted by Gasteiger charge is -2.37. The third kappa shape index (κ3) is 7.40. The molecule has 0 unspecified atom stereocenters. The average Bonchev–Trinajstić information content (AvgIpc) is 2.76. The fourth-order valence-electron chi connectivity index (χ4n) is 3.05. The van der Waals surface area contributed by atoms with Gasteiger partial charge in [0.25, 0.3) is 0 Å². The number of rotatable bonds is 6. The highest BCUT2D eigenvalue weighted by Crippen LogP contribution is 2.29. The van der Waals surface area contributed by atoms with Crippen LogP contribution in [-0.2, 0) is 6.18 Å². The number of alkyl halides is 3. The molecule has 3 heterocycles. The van der Waals surface area contributed by atoms with E-state index in [2.05, 4.69) is 30.1 Å². The van der Waals surface area contributed by atoms with Crippen LogP contribution < -0.4 is 15.0 Å². The predicted octanol–water partition coefficient (Wildman–Crippen LogP) is 3.28. The monoisotopic (exact) mass is 550 g/mol. The Bertz CT molecular complexity index is 812. The third-order valence-electron chi connectivity index (χ3n) is 4.55. The minimum absolute atomic E-state index is 0. The van der Waals surface area contributed by atoms with Crippen molar-refractivity contribution in [2.75, 3.05) is 50.8 Å². The largest absolute Gasteiger partial charge is 0.476 e. The zero-order valence-corrected chi connectivity index (χ0v) is 19.5. The van der Waals surface area contributed by atoms with E-state index in [0.29, 0.717) is 6.54 Å². The molecule has 1 aliphatic heterocycles. The fourth-order valence-corrected chi connectivity index (χ4v) is 3.05. The van der Waals surface area contributed by atoms with Gasteiger partial charge in [0.15, 0.2) is 5.96 Å². The van der Waals surface area contributed by atoms with Crippen molar-refractivity contribution >= 4 is 35.8 Å². The Morgan fingerprint density at radius 1 is 1.13 bits per heavy atom. The van der Waals surface area contributed by atoms with Crippen LogP contribution in [0.1, 0.15) is 12.5 Å². The number of nitrogens with one attached hydrogen (secondary N) is 1. The van der Waals surface area contributed by atoms with E-state index in [1.165, 1.54) is 6.07 Å². The molecule has 0 aliphatic carbocycles. The topological polar surface area (TPSA) is 65.9 Å². The molecular formula is C20H26F3IN6O. The molecule has 0 bridgehead atoms.